The van der Waals surface area contributed by atoms with Crippen molar-refractivity contribution >= 4 is 5.91 Å². The molecule has 0 aliphatic carbocycles. The van der Waals surface area contributed by atoms with E-state index in [4.69, 9.17) is 19.3 Å². The highest BCUT2D eigenvalue weighted by Gasteiger charge is 2.21. The van der Waals surface area contributed by atoms with E-state index in [1.165, 1.54) is 0 Å². The molecule has 1 aromatic heterocycles. The van der Waals surface area contributed by atoms with Crippen molar-refractivity contribution in [2.75, 3.05) is 20.8 Å². The lowest BCUT2D eigenvalue weighted by atomic mass is 10.1. The smallest absolute Gasteiger partial charge is 0.255 e. The van der Waals surface area contributed by atoms with Gasteiger partial charge in [-0.25, -0.2) is 4.68 Å². The molecule has 1 heterocycles. The van der Waals surface area contributed by atoms with Gasteiger partial charge < -0.3 is 19.5 Å². The number of aromatic nitrogens is 2. The number of nitrogens with zero attached hydrogens (tertiary/aromatic N) is 2. The van der Waals surface area contributed by atoms with Crippen molar-refractivity contribution < 1.29 is 19.0 Å². The zero-order valence-corrected chi connectivity index (χ0v) is 20.2. The molecule has 0 atom stereocenters. The van der Waals surface area contributed by atoms with E-state index < -0.39 is 0 Å². The van der Waals surface area contributed by atoms with Gasteiger partial charge in [0.15, 0.2) is 0 Å². The minimum atomic E-state index is -0.224. The summed E-state index contributed by atoms with van der Waals surface area (Å²) in [5.74, 6) is 1.01. The number of para-hydroxylation sites is 1. The Bertz CT molecular complexity index is 1270. The number of carbonyl (C=O) groups excluding carboxylic acids is 1. The minimum Gasteiger partial charge on any atom is -0.497 e. The van der Waals surface area contributed by atoms with Crippen LogP contribution >= 0.6 is 0 Å². The predicted molar refractivity (Wildman–Crippen MR) is 135 cm³/mol. The summed E-state index contributed by atoms with van der Waals surface area (Å²) in [6, 6.07) is 23.1. The fourth-order valence-corrected chi connectivity index (χ4v) is 3.70. The number of methoxy groups -OCH3 is 2. The van der Waals surface area contributed by atoms with Gasteiger partial charge in [0.05, 0.1) is 32.1 Å². The zero-order valence-electron chi connectivity index (χ0n) is 20.2. The Hall–Kier alpha value is -4.10. The van der Waals surface area contributed by atoms with Gasteiger partial charge in [0, 0.05) is 31.0 Å². The van der Waals surface area contributed by atoms with Crippen LogP contribution in [0.25, 0.3) is 16.9 Å². The summed E-state index contributed by atoms with van der Waals surface area (Å²) < 4.78 is 18.1. The van der Waals surface area contributed by atoms with Gasteiger partial charge in [-0.15, -0.1) is 0 Å². The average Bonchev–Trinajstić information content (AvgIpc) is 3.36. The van der Waals surface area contributed by atoms with Gasteiger partial charge in [-0.3, -0.25) is 4.79 Å². The first-order valence-electron chi connectivity index (χ1n) is 11.4. The largest absolute Gasteiger partial charge is 0.497 e. The van der Waals surface area contributed by atoms with E-state index >= 15 is 0 Å². The molecule has 180 valence electrons. The molecule has 0 saturated carbocycles. The van der Waals surface area contributed by atoms with E-state index in [9.17, 15) is 4.79 Å². The number of rotatable bonds is 10. The van der Waals surface area contributed by atoms with Crippen LogP contribution in [0.2, 0.25) is 0 Å². The number of amides is 1. The van der Waals surface area contributed by atoms with Gasteiger partial charge in [0.25, 0.3) is 5.91 Å². The van der Waals surface area contributed by atoms with E-state index in [0.717, 1.165) is 16.8 Å². The normalized spacial score (nSPS) is 10.7. The van der Waals surface area contributed by atoms with Crippen LogP contribution in [-0.2, 0) is 17.9 Å². The molecule has 0 fully saturated rings. The molecule has 0 saturated heterocycles. The first kappa shape index (κ1) is 24.0. The Labute approximate surface area is 205 Å². The van der Waals surface area contributed by atoms with E-state index in [0.29, 0.717) is 48.1 Å². The molecule has 7 heteroatoms. The van der Waals surface area contributed by atoms with Gasteiger partial charge in [-0.1, -0.05) is 42.5 Å². The maximum Gasteiger partial charge on any atom is 0.255 e. The topological polar surface area (TPSA) is 74.6 Å². The summed E-state index contributed by atoms with van der Waals surface area (Å²) in [6.07, 6.45) is 1.74. The SMILES string of the molecule is CCOCc1ccc(CNC(=O)c2cn(-c3ccccc3)nc2-c2ccc(OC)cc2OC)cc1. The van der Waals surface area contributed by atoms with E-state index in [-0.39, 0.29) is 5.91 Å². The summed E-state index contributed by atoms with van der Waals surface area (Å²) in [7, 11) is 3.18. The third kappa shape index (κ3) is 5.70. The number of benzene rings is 3. The summed E-state index contributed by atoms with van der Waals surface area (Å²) in [4.78, 5) is 13.3. The Morgan fingerprint density at radius 3 is 2.37 bits per heavy atom. The molecular formula is C28H29N3O4. The highest BCUT2D eigenvalue weighted by Crippen LogP contribution is 2.34. The summed E-state index contributed by atoms with van der Waals surface area (Å²) in [6.45, 7) is 3.62. The summed E-state index contributed by atoms with van der Waals surface area (Å²) in [5.41, 5.74) is 4.62. The second kappa shape index (κ2) is 11.4. The molecule has 7 nitrogen and oxygen atoms in total. The first-order valence-corrected chi connectivity index (χ1v) is 11.4. The van der Waals surface area contributed by atoms with Crippen LogP contribution in [-0.4, -0.2) is 36.5 Å². The molecule has 35 heavy (non-hydrogen) atoms. The van der Waals surface area contributed by atoms with Gasteiger partial charge in [-0.2, -0.15) is 5.10 Å². The molecule has 0 spiro atoms. The number of hydrogen-bond acceptors (Lipinski definition) is 5. The molecule has 0 unspecified atom stereocenters. The van der Waals surface area contributed by atoms with E-state index in [1.807, 2.05) is 73.7 Å². The zero-order chi connectivity index (χ0) is 24.6. The monoisotopic (exact) mass is 471 g/mol. The van der Waals surface area contributed by atoms with Crippen LogP contribution in [0.15, 0.2) is 79.0 Å². The maximum atomic E-state index is 13.3. The van der Waals surface area contributed by atoms with Gasteiger partial charge in [0.1, 0.15) is 17.2 Å². The highest BCUT2D eigenvalue weighted by molar-refractivity contribution is 6.00. The Morgan fingerprint density at radius 1 is 0.943 bits per heavy atom. The summed E-state index contributed by atoms with van der Waals surface area (Å²) in [5, 5.41) is 7.78. The minimum absolute atomic E-state index is 0.224. The van der Waals surface area contributed by atoms with Crippen LogP contribution in [0.5, 0.6) is 11.5 Å². The molecule has 1 amide bonds. The quantitative estimate of drug-likeness (QED) is 0.351. The number of hydrogen-bond donors (Lipinski definition) is 1. The molecule has 0 bridgehead atoms. The summed E-state index contributed by atoms with van der Waals surface area (Å²) >= 11 is 0. The predicted octanol–water partition coefficient (Wildman–Crippen LogP) is 5.02. The number of carbonyl (C=O) groups is 1. The fraction of sp³-hybridized carbons (Fsp3) is 0.214. The average molecular weight is 472 g/mol. The van der Waals surface area contributed by atoms with Crippen LogP contribution in [0.3, 0.4) is 0 Å². The molecule has 1 N–H and O–H groups in total. The Morgan fingerprint density at radius 2 is 1.69 bits per heavy atom. The lowest BCUT2D eigenvalue weighted by Crippen LogP contribution is -2.23. The van der Waals surface area contributed by atoms with Crippen molar-refractivity contribution in [2.45, 2.75) is 20.1 Å². The van der Waals surface area contributed by atoms with Crippen LogP contribution in [0.1, 0.15) is 28.4 Å². The van der Waals surface area contributed by atoms with Crippen molar-refractivity contribution in [3.05, 3.63) is 95.7 Å². The van der Waals surface area contributed by atoms with Crippen molar-refractivity contribution in [1.82, 2.24) is 15.1 Å². The maximum absolute atomic E-state index is 13.3. The fourth-order valence-electron chi connectivity index (χ4n) is 3.70. The second-order valence-corrected chi connectivity index (χ2v) is 7.87. The van der Waals surface area contributed by atoms with Gasteiger partial charge in [-0.05, 0) is 42.3 Å². The van der Waals surface area contributed by atoms with Crippen LogP contribution in [0.4, 0.5) is 0 Å². The third-order valence-electron chi connectivity index (χ3n) is 5.59. The number of nitrogens with one attached hydrogen (secondary N) is 1. The third-order valence-corrected chi connectivity index (χ3v) is 5.59. The molecule has 4 rings (SSSR count). The second-order valence-electron chi connectivity index (χ2n) is 7.87. The molecule has 0 aliphatic rings. The van der Waals surface area contributed by atoms with Crippen molar-refractivity contribution in [2.24, 2.45) is 0 Å². The lowest BCUT2D eigenvalue weighted by Gasteiger charge is -2.11. The molecule has 4 aromatic rings. The van der Waals surface area contributed by atoms with Crippen LogP contribution < -0.4 is 14.8 Å². The molecule has 0 radical (unpaired) electrons. The van der Waals surface area contributed by atoms with E-state index in [2.05, 4.69) is 5.32 Å². The van der Waals surface area contributed by atoms with Crippen molar-refractivity contribution in [1.29, 1.82) is 0 Å². The molecular weight excluding hydrogens is 442 g/mol. The highest BCUT2D eigenvalue weighted by atomic mass is 16.5. The number of ether oxygens (including phenoxy) is 3. The molecule has 0 aliphatic heterocycles. The lowest BCUT2D eigenvalue weighted by molar-refractivity contribution is 0.0951. The molecule has 3 aromatic carbocycles. The Kier molecular flexibility index (Phi) is 7.80. The first-order chi connectivity index (χ1) is 17.1. The van der Waals surface area contributed by atoms with E-state index in [1.54, 1.807) is 31.2 Å². The van der Waals surface area contributed by atoms with Crippen molar-refractivity contribution in [3.63, 3.8) is 0 Å². The van der Waals surface area contributed by atoms with Gasteiger partial charge in [0.2, 0.25) is 0 Å². The standard InChI is InChI=1S/C28H29N3O4/c1-4-35-19-21-12-10-20(11-13-21)17-29-28(32)25-18-31(22-8-6-5-7-9-22)30-27(25)24-15-14-23(33-2)16-26(24)34-3/h5-16,18H,4,17,19H2,1-3H3,(H,29,32). The van der Waals surface area contributed by atoms with Gasteiger partial charge >= 0.3 is 0 Å². The Balaban J connectivity index is 1.63. The van der Waals surface area contributed by atoms with Crippen LogP contribution in [0, 0.1) is 0 Å². The van der Waals surface area contributed by atoms with Crippen molar-refractivity contribution in [3.8, 4) is 28.4 Å².